The fourth-order valence-corrected chi connectivity index (χ4v) is 2.86. The van der Waals surface area contributed by atoms with Crippen LogP contribution in [0.2, 0.25) is 5.02 Å². The number of carbonyl (C=O) groups is 2. The van der Waals surface area contributed by atoms with Crippen molar-refractivity contribution in [3.8, 4) is 12.3 Å². The highest BCUT2D eigenvalue weighted by Crippen LogP contribution is 2.26. The first-order valence-electron chi connectivity index (χ1n) is 7.46. The summed E-state index contributed by atoms with van der Waals surface area (Å²) in [5, 5.41) is 0.559. The molecule has 0 aromatic heterocycles. The van der Waals surface area contributed by atoms with E-state index in [0.717, 1.165) is 11.3 Å². The number of rotatable bonds is 2. The van der Waals surface area contributed by atoms with Crippen LogP contribution >= 0.6 is 11.6 Å². The Balaban J connectivity index is 1.95. The molecule has 2 aromatic carbocycles. The Morgan fingerprint density at radius 3 is 2.54 bits per heavy atom. The summed E-state index contributed by atoms with van der Waals surface area (Å²) in [6, 6.07) is 14.1. The summed E-state index contributed by atoms with van der Waals surface area (Å²) >= 11 is 5.87. The number of benzene rings is 2. The van der Waals surface area contributed by atoms with Crippen LogP contribution in [0.5, 0.6) is 0 Å². The SMILES string of the molecule is C#CCN1C(=O)CN(C(=O)c2ccc(Cl)cc2)Cc2ccccc21. The van der Waals surface area contributed by atoms with Gasteiger partial charge in [0.2, 0.25) is 5.91 Å². The molecule has 0 unspecified atom stereocenters. The van der Waals surface area contributed by atoms with Crippen LogP contribution in [-0.2, 0) is 11.3 Å². The van der Waals surface area contributed by atoms with Gasteiger partial charge in [-0.15, -0.1) is 6.42 Å². The Hall–Kier alpha value is -2.77. The molecule has 0 fully saturated rings. The van der Waals surface area contributed by atoms with E-state index >= 15 is 0 Å². The van der Waals surface area contributed by atoms with Crippen LogP contribution < -0.4 is 4.90 Å². The van der Waals surface area contributed by atoms with Crippen molar-refractivity contribution in [2.24, 2.45) is 0 Å². The van der Waals surface area contributed by atoms with E-state index in [4.69, 9.17) is 18.0 Å². The topological polar surface area (TPSA) is 40.6 Å². The predicted octanol–water partition coefficient (Wildman–Crippen LogP) is 2.96. The van der Waals surface area contributed by atoms with Gasteiger partial charge in [0.1, 0.15) is 6.54 Å². The normalized spacial score (nSPS) is 13.9. The molecule has 5 heteroatoms. The summed E-state index contributed by atoms with van der Waals surface area (Å²) in [5.41, 5.74) is 2.14. The molecule has 120 valence electrons. The minimum absolute atomic E-state index is 0.0161. The molecule has 2 aromatic rings. The van der Waals surface area contributed by atoms with Crippen LogP contribution in [0.15, 0.2) is 48.5 Å². The molecular formula is C19H15ClN2O2. The number of nitrogens with zero attached hydrogens (tertiary/aromatic N) is 2. The van der Waals surface area contributed by atoms with E-state index in [0.29, 0.717) is 17.1 Å². The largest absolute Gasteiger partial charge is 0.325 e. The van der Waals surface area contributed by atoms with Gasteiger partial charge in [0.15, 0.2) is 0 Å². The van der Waals surface area contributed by atoms with Crippen molar-refractivity contribution in [3.63, 3.8) is 0 Å². The lowest BCUT2D eigenvalue weighted by molar-refractivity contribution is -0.119. The lowest BCUT2D eigenvalue weighted by Crippen LogP contribution is -2.40. The number of carbonyl (C=O) groups excluding carboxylic acids is 2. The Labute approximate surface area is 145 Å². The quantitative estimate of drug-likeness (QED) is 0.790. The number of para-hydroxylation sites is 1. The van der Waals surface area contributed by atoms with Gasteiger partial charge in [-0.3, -0.25) is 14.5 Å². The van der Waals surface area contributed by atoms with E-state index < -0.39 is 0 Å². The highest BCUT2D eigenvalue weighted by molar-refractivity contribution is 6.30. The lowest BCUT2D eigenvalue weighted by Gasteiger charge is -2.21. The fourth-order valence-electron chi connectivity index (χ4n) is 2.74. The maximum Gasteiger partial charge on any atom is 0.254 e. The molecular weight excluding hydrogens is 324 g/mol. The molecule has 2 amide bonds. The van der Waals surface area contributed by atoms with Crippen molar-refractivity contribution in [2.45, 2.75) is 6.54 Å². The van der Waals surface area contributed by atoms with E-state index in [2.05, 4.69) is 5.92 Å². The molecule has 0 saturated heterocycles. The predicted molar refractivity (Wildman–Crippen MR) is 93.8 cm³/mol. The van der Waals surface area contributed by atoms with Crippen molar-refractivity contribution >= 4 is 29.1 Å². The third kappa shape index (κ3) is 3.12. The maximum absolute atomic E-state index is 12.8. The number of anilines is 1. The van der Waals surface area contributed by atoms with Gasteiger partial charge in [0.25, 0.3) is 5.91 Å². The van der Waals surface area contributed by atoms with Gasteiger partial charge in [-0.2, -0.15) is 0 Å². The third-order valence-electron chi connectivity index (χ3n) is 3.90. The van der Waals surface area contributed by atoms with Crippen LogP contribution in [-0.4, -0.2) is 29.8 Å². The summed E-state index contributed by atoms with van der Waals surface area (Å²) in [7, 11) is 0. The molecule has 24 heavy (non-hydrogen) atoms. The van der Waals surface area contributed by atoms with Crippen LogP contribution in [0.25, 0.3) is 0 Å². The smallest absolute Gasteiger partial charge is 0.254 e. The van der Waals surface area contributed by atoms with Gasteiger partial charge in [0, 0.05) is 22.8 Å². The average molecular weight is 339 g/mol. The fraction of sp³-hybridized carbons (Fsp3) is 0.158. The third-order valence-corrected chi connectivity index (χ3v) is 4.15. The second kappa shape index (κ2) is 6.77. The summed E-state index contributed by atoms with van der Waals surface area (Å²) in [5.74, 6) is 2.10. The molecule has 0 saturated carbocycles. The molecule has 3 rings (SSSR count). The number of hydrogen-bond donors (Lipinski definition) is 0. The standard InChI is InChI=1S/C19H15ClN2O2/c1-2-11-22-17-6-4-3-5-15(17)12-21(13-18(22)23)19(24)14-7-9-16(20)10-8-14/h1,3-10H,11-13H2. The molecule has 1 aliphatic rings. The van der Waals surface area contributed by atoms with Crippen LogP contribution in [0, 0.1) is 12.3 Å². The van der Waals surface area contributed by atoms with E-state index in [1.807, 2.05) is 24.3 Å². The van der Waals surface area contributed by atoms with E-state index in [1.54, 1.807) is 29.2 Å². The number of hydrogen-bond acceptors (Lipinski definition) is 2. The highest BCUT2D eigenvalue weighted by atomic mass is 35.5. The molecule has 0 spiro atoms. The monoisotopic (exact) mass is 338 g/mol. The molecule has 1 aliphatic heterocycles. The van der Waals surface area contributed by atoms with Crippen molar-refractivity contribution in [3.05, 3.63) is 64.7 Å². The summed E-state index contributed by atoms with van der Waals surface area (Å²) in [6.45, 7) is 0.515. The van der Waals surface area contributed by atoms with Gasteiger partial charge >= 0.3 is 0 Å². The highest BCUT2D eigenvalue weighted by Gasteiger charge is 2.28. The Morgan fingerprint density at radius 1 is 1.12 bits per heavy atom. The van der Waals surface area contributed by atoms with Crippen molar-refractivity contribution in [1.82, 2.24) is 4.90 Å². The van der Waals surface area contributed by atoms with Crippen LogP contribution in [0.4, 0.5) is 5.69 Å². The number of terminal acetylenes is 1. The first-order valence-corrected chi connectivity index (χ1v) is 7.84. The van der Waals surface area contributed by atoms with Crippen LogP contribution in [0.3, 0.4) is 0 Å². The first-order chi connectivity index (χ1) is 11.6. The molecule has 0 atom stereocenters. The van der Waals surface area contributed by atoms with Gasteiger partial charge in [0.05, 0.1) is 6.54 Å². The lowest BCUT2D eigenvalue weighted by atomic mass is 10.1. The van der Waals surface area contributed by atoms with Gasteiger partial charge in [-0.25, -0.2) is 0 Å². The molecule has 0 bridgehead atoms. The Bertz CT molecular complexity index is 824. The maximum atomic E-state index is 12.8. The van der Waals surface area contributed by atoms with E-state index in [1.165, 1.54) is 4.90 Å². The van der Waals surface area contributed by atoms with E-state index in [9.17, 15) is 9.59 Å². The summed E-state index contributed by atoms with van der Waals surface area (Å²) < 4.78 is 0. The average Bonchev–Trinajstić information content (AvgIpc) is 2.73. The minimum atomic E-state index is -0.211. The molecule has 0 radical (unpaired) electrons. The zero-order valence-corrected chi connectivity index (χ0v) is 13.7. The first kappa shape index (κ1) is 16.1. The number of amides is 2. The van der Waals surface area contributed by atoms with Crippen molar-refractivity contribution < 1.29 is 9.59 Å². The summed E-state index contributed by atoms with van der Waals surface area (Å²) in [4.78, 5) is 28.4. The van der Waals surface area contributed by atoms with E-state index in [-0.39, 0.29) is 24.9 Å². The Morgan fingerprint density at radius 2 is 1.83 bits per heavy atom. The second-order valence-corrected chi connectivity index (χ2v) is 5.92. The summed E-state index contributed by atoms with van der Waals surface area (Å²) in [6.07, 6.45) is 5.39. The molecule has 0 N–H and O–H groups in total. The van der Waals surface area contributed by atoms with Gasteiger partial charge in [-0.1, -0.05) is 35.7 Å². The second-order valence-electron chi connectivity index (χ2n) is 5.48. The van der Waals surface area contributed by atoms with Gasteiger partial charge in [-0.05, 0) is 35.9 Å². The van der Waals surface area contributed by atoms with Crippen LogP contribution in [0.1, 0.15) is 15.9 Å². The molecule has 4 nitrogen and oxygen atoms in total. The molecule has 0 aliphatic carbocycles. The molecule has 1 heterocycles. The zero-order valence-electron chi connectivity index (χ0n) is 12.9. The number of halogens is 1. The van der Waals surface area contributed by atoms with Crippen molar-refractivity contribution in [1.29, 1.82) is 0 Å². The van der Waals surface area contributed by atoms with Crippen molar-refractivity contribution in [2.75, 3.05) is 18.0 Å². The number of fused-ring (bicyclic) bond motifs is 1. The Kier molecular flexibility index (Phi) is 4.54. The zero-order chi connectivity index (χ0) is 17.1. The van der Waals surface area contributed by atoms with Gasteiger partial charge < -0.3 is 4.90 Å². The minimum Gasteiger partial charge on any atom is -0.325 e.